The molecule has 0 radical (unpaired) electrons. The molecule has 1 unspecified atom stereocenters. The highest BCUT2D eigenvalue weighted by molar-refractivity contribution is 5.36. The molecule has 1 aromatic rings. The van der Waals surface area contributed by atoms with E-state index < -0.39 is 0 Å². The van der Waals surface area contributed by atoms with E-state index in [0.29, 0.717) is 6.54 Å². The van der Waals surface area contributed by atoms with Gasteiger partial charge in [0.05, 0.1) is 6.10 Å². The molecule has 0 fully saturated rings. The van der Waals surface area contributed by atoms with Gasteiger partial charge in [-0.1, -0.05) is 6.92 Å². The van der Waals surface area contributed by atoms with Crippen LogP contribution in [0.25, 0.3) is 0 Å². The van der Waals surface area contributed by atoms with Crippen LogP contribution in [0.2, 0.25) is 0 Å². The zero-order chi connectivity index (χ0) is 11.5. The van der Waals surface area contributed by atoms with Gasteiger partial charge >= 0.3 is 0 Å². The quantitative estimate of drug-likeness (QED) is 0.846. The summed E-state index contributed by atoms with van der Waals surface area (Å²) in [7, 11) is 0. The van der Waals surface area contributed by atoms with E-state index >= 15 is 0 Å². The Morgan fingerprint density at radius 2 is 2.31 bits per heavy atom. The van der Waals surface area contributed by atoms with Crippen LogP contribution in [0.5, 0.6) is 5.88 Å². The molecule has 88 valence electrons. The third-order valence-electron chi connectivity index (χ3n) is 3.20. The first-order chi connectivity index (χ1) is 7.74. The Morgan fingerprint density at radius 3 is 3.00 bits per heavy atom. The predicted octanol–water partition coefficient (Wildman–Crippen LogP) is 2.21. The van der Waals surface area contributed by atoms with Crippen LogP contribution in [0.15, 0.2) is 6.07 Å². The monoisotopic (exact) mass is 220 g/mol. The van der Waals surface area contributed by atoms with Crippen LogP contribution < -0.4 is 10.5 Å². The van der Waals surface area contributed by atoms with E-state index in [0.717, 1.165) is 30.7 Å². The van der Waals surface area contributed by atoms with Gasteiger partial charge < -0.3 is 10.5 Å². The van der Waals surface area contributed by atoms with Crippen LogP contribution >= 0.6 is 0 Å². The fraction of sp³-hybridized carbons (Fsp3) is 0.615. The zero-order valence-electron chi connectivity index (χ0n) is 10.1. The number of fused-ring (bicyclic) bond motifs is 1. The topological polar surface area (TPSA) is 48.1 Å². The number of nitrogens with zero attached hydrogens (tertiary/aromatic N) is 1. The van der Waals surface area contributed by atoms with Gasteiger partial charge in [0.15, 0.2) is 0 Å². The summed E-state index contributed by atoms with van der Waals surface area (Å²) in [5, 5.41) is 0. The van der Waals surface area contributed by atoms with Crippen LogP contribution in [-0.2, 0) is 19.4 Å². The average molecular weight is 220 g/mol. The van der Waals surface area contributed by atoms with Crippen molar-refractivity contribution in [2.45, 2.75) is 52.2 Å². The highest BCUT2D eigenvalue weighted by atomic mass is 16.5. The van der Waals surface area contributed by atoms with Gasteiger partial charge in [-0.3, -0.25) is 0 Å². The molecule has 1 heterocycles. The second kappa shape index (κ2) is 4.83. The molecule has 3 nitrogen and oxygen atoms in total. The van der Waals surface area contributed by atoms with E-state index in [2.05, 4.69) is 24.9 Å². The smallest absolute Gasteiger partial charge is 0.218 e. The van der Waals surface area contributed by atoms with Crippen molar-refractivity contribution in [2.75, 3.05) is 0 Å². The van der Waals surface area contributed by atoms with Crippen molar-refractivity contribution in [1.82, 2.24) is 4.98 Å². The molecule has 0 spiro atoms. The van der Waals surface area contributed by atoms with Crippen molar-refractivity contribution in [2.24, 2.45) is 5.73 Å². The van der Waals surface area contributed by atoms with E-state index in [4.69, 9.17) is 10.5 Å². The summed E-state index contributed by atoms with van der Waals surface area (Å²) in [5.74, 6) is 0.748. The largest absolute Gasteiger partial charge is 0.474 e. The SMILES string of the molecule is CCC(C)Oc1nc2c(cc1CN)CCC2. The summed E-state index contributed by atoms with van der Waals surface area (Å²) in [5.41, 5.74) is 9.35. The summed E-state index contributed by atoms with van der Waals surface area (Å²) in [6.07, 6.45) is 4.62. The number of aromatic nitrogens is 1. The first kappa shape index (κ1) is 11.4. The molecule has 1 aromatic heterocycles. The first-order valence-corrected chi connectivity index (χ1v) is 6.13. The van der Waals surface area contributed by atoms with Crippen LogP contribution in [0.4, 0.5) is 0 Å². The highest BCUT2D eigenvalue weighted by Crippen LogP contribution is 2.27. The maximum Gasteiger partial charge on any atom is 0.218 e. The fourth-order valence-corrected chi connectivity index (χ4v) is 2.02. The molecular formula is C13H20N2O. The fourth-order valence-electron chi connectivity index (χ4n) is 2.02. The summed E-state index contributed by atoms with van der Waals surface area (Å²) in [6, 6.07) is 2.17. The van der Waals surface area contributed by atoms with Gasteiger partial charge in [0.1, 0.15) is 0 Å². The molecular weight excluding hydrogens is 200 g/mol. The van der Waals surface area contributed by atoms with Gasteiger partial charge in [-0.2, -0.15) is 0 Å². The Kier molecular flexibility index (Phi) is 3.44. The second-order valence-electron chi connectivity index (χ2n) is 4.45. The lowest BCUT2D eigenvalue weighted by Crippen LogP contribution is -2.14. The number of nitrogens with two attached hydrogens (primary N) is 1. The third kappa shape index (κ3) is 2.19. The average Bonchev–Trinajstić information content (AvgIpc) is 2.74. The van der Waals surface area contributed by atoms with Crippen LogP contribution in [0.1, 0.15) is 43.5 Å². The van der Waals surface area contributed by atoms with Gasteiger partial charge in [-0.05, 0) is 44.2 Å². The van der Waals surface area contributed by atoms with E-state index in [-0.39, 0.29) is 6.10 Å². The lowest BCUT2D eigenvalue weighted by atomic mass is 10.1. The van der Waals surface area contributed by atoms with E-state index in [1.54, 1.807) is 0 Å². The minimum Gasteiger partial charge on any atom is -0.474 e. The molecule has 16 heavy (non-hydrogen) atoms. The summed E-state index contributed by atoms with van der Waals surface area (Å²) in [4.78, 5) is 4.61. The van der Waals surface area contributed by atoms with Crippen LogP contribution in [0.3, 0.4) is 0 Å². The molecule has 1 aliphatic rings. The molecule has 0 aromatic carbocycles. The third-order valence-corrected chi connectivity index (χ3v) is 3.20. The van der Waals surface area contributed by atoms with Crippen molar-refractivity contribution in [3.05, 3.63) is 22.9 Å². The Hall–Kier alpha value is -1.09. The summed E-state index contributed by atoms with van der Waals surface area (Å²) >= 11 is 0. The van der Waals surface area contributed by atoms with Crippen molar-refractivity contribution in [3.63, 3.8) is 0 Å². The van der Waals surface area contributed by atoms with Gasteiger partial charge in [0, 0.05) is 17.8 Å². The van der Waals surface area contributed by atoms with Crippen molar-refractivity contribution < 1.29 is 4.74 Å². The van der Waals surface area contributed by atoms with E-state index in [1.807, 2.05) is 0 Å². The van der Waals surface area contributed by atoms with Gasteiger partial charge in [-0.25, -0.2) is 4.98 Å². The molecule has 0 aliphatic heterocycles. The van der Waals surface area contributed by atoms with Crippen LogP contribution in [-0.4, -0.2) is 11.1 Å². The van der Waals surface area contributed by atoms with Crippen molar-refractivity contribution in [1.29, 1.82) is 0 Å². The first-order valence-electron chi connectivity index (χ1n) is 6.13. The summed E-state index contributed by atoms with van der Waals surface area (Å²) in [6.45, 7) is 4.68. The number of rotatable bonds is 4. The van der Waals surface area contributed by atoms with Gasteiger partial charge in [0.2, 0.25) is 5.88 Å². The van der Waals surface area contributed by atoms with E-state index in [1.165, 1.54) is 17.7 Å². The zero-order valence-corrected chi connectivity index (χ0v) is 10.1. The second-order valence-corrected chi connectivity index (χ2v) is 4.45. The Balaban J connectivity index is 2.28. The maximum atomic E-state index is 5.82. The standard InChI is InChI=1S/C13H20N2O/c1-3-9(2)16-13-11(8-14)7-10-5-4-6-12(10)15-13/h7,9H,3-6,8,14H2,1-2H3. The minimum absolute atomic E-state index is 0.206. The molecule has 0 amide bonds. The number of hydrogen-bond donors (Lipinski definition) is 1. The van der Waals surface area contributed by atoms with Gasteiger partial charge in [0.25, 0.3) is 0 Å². The van der Waals surface area contributed by atoms with Crippen LogP contribution in [0, 0.1) is 0 Å². The molecule has 2 rings (SSSR count). The normalized spacial score (nSPS) is 15.9. The summed E-state index contributed by atoms with van der Waals surface area (Å²) < 4.78 is 5.82. The Labute approximate surface area is 97.0 Å². The number of pyridine rings is 1. The molecule has 0 saturated heterocycles. The number of aryl methyl sites for hydroxylation is 2. The van der Waals surface area contributed by atoms with Crippen molar-refractivity contribution in [3.8, 4) is 5.88 Å². The highest BCUT2D eigenvalue weighted by Gasteiger charge is 2.17. The predicted molar refractivity (Wildman–Crippen MR) is 64.5 cm³/mol. The maximum absolute atomic E-state index is 5.82. The molecule has 0 saturated carbocycles. The lowest BCUT2D eigenvalue weighted by Gasteiger charge is -2.15. The molecule has 3 heteroatoms. The minimum atomic E-state index is 0.206. The number of hydrogen-bond acceptors (Lipinski definition) is 3. The molecule has 0 bridgehead atoms. The van der Waals surface area contributed by atoms with Gasteiger partial charge in [-0.15, -0.1) is 0 Å². The number of ether oxygens (including phenoxy) is 1. The van der Waals surface area contributed by atoms with E-state index in [9.17, 15) is 0 Å². The molecule has 1 aliphatic carbocycles. The Morgan fingerprint density at radius 1 is 1.50 bits per heavy atom. The van der Waals surface area contributed by atoms with Crippen molar-refractivity contribution >= 4 is 0 Å². The lowest BCUT2D eigenvalue weighted by molar-refractivity contribution is 0.206. The molecule has 1 atom stereocenters. The Bertz CT molecular complexity index is 376. The molecule has 2 N–H and O–H groups in total.